The molecule has 0 bridgehead atoms. The summed E-state index contributed by atoms with van der Waals surface area (Å²) in [5.41, 5.74) is 5.13. The first-order valence-electron chi connectivity index (χ1n) is 10.8. The fourth-order valence-corrected chi connectivity index (χ4v) is 4.99. The molecular weight excluding hydrogens is 465 g/mol. The Morgan fingerprint density at radius 3 is 2.71 bits per heavy atom. The van der Waals surface area contributed by atoms with Gasteiger partial charge in [-0.1, -0.05) is 25.6 Å². The van der Waals surface area contributed by atoms with Gasteiger partial charge in [-0.3, -0.25) is 0 Å². The number of alkyl halides is 1. The van der Waals surface area contributed by atoms with Crippen LogP contribution in [-0.4, -0.2) is 38.1 Å². The SMILES string of the molecule is CC(C)Oc1cnc2c(Nc3cc(F)c(F)c([C@@]4(CF)N=C(N)S[C@@H](C)[C@H]4C)c3)nccc2n1. The monoisotopic (exact) mass is 490 g/mol. The fraction of sp³-hybridized carbons (Fsp3) is 0.391. The molecule has 0 fully saturated rings. The number of thioether (sulfide) groups is 1. The van der Waals surface area contributed by atoms with Crippen molar-refractivity contribution in [3.63, 3.8) is 0 Å². The van der Waals surface area contributed by atoms with E-state index in [1.807, 2.05) is 20.8 Å². The molecule has 34 heavy (non-hydrogen) atoms. The quantitative estimate of drug-likeness (QED) is 0.497. The van der Waals surface area contributed by atoms with E-state index in [2.05, 4.69) is 25.3 Å². The Bertz CT molecular complexity index is 1260. The van der Waals surface area contributed by atoms with Gasteiger partial charge in [-0.05, 0) is 26.0 Å². The van der Waals surface area contributed by atoms with Gasteiger partial charge in [-0.2, -0.15) is 0 Å². The van der Waals surface area contributed by atoms with Crippen molar-refractivity contribution in [3.05, 3.63) is 47.8 Å². The van der Waals surface area contributed by atoms with E-state index in [0.29, 0.717) is 16.9 Å². The summed E-state index contributed by atoms with van der Waals surface area (Å²) in [6.07, 6.45) is 2.90. The second-order valence-electron chi connectivity index (χ2n) is 8.47. The maximum atomic E-state index is 15.0. The summed E-state index contributed by atoms with van der Waals surface area (Å²) < 4.78 is 49.8. The Morgan fingerprint density at radius 2 is 2.00 bits per heavy atom. The van der Waals surface area contributed by atoms with E-state index >= 15 is 4.39 Å². The lowest BCUT2D eigenvalue weighted by Crippen LogP contribution is -2.45. The molecule has 0 amide bonds. The average molecular weight is 491 g/mol. The second kappa shape index (κ2) is 9.28. The molecule has 180 valence electrons. The van der Waals surface area contributed by atoms with Gasteiger partial charge in [0.1, 0.15) is 17.7 Å². The number of nitrogens with one attached hydrogen (secondary N) is 1. The van der Waals surface area contributed by atoms with E-state index in [9.17, 15) is 8.78 Å². The molecule has 3 atom stereocenters. The van der Waals surface area contributed by atoms with Crippen LogP contribution in [0.4, 0.5) is 24.7 Å². The summed E-state index contributed by atoms with van der Waals surface area (Å²) in [5.74, 6) is -2.12. The summed E-state index contributed by atoms with van der Waals surface area (Å²) in [4.78, 5) is 17.3. The van der Waals surface area contributed by atoms with Crippen molar-refractivity contribution in [3.8, 4) is 5.88 Å². The van der Waals surface area contributed by atoms with Crippen LogP contribution in [0.25, 0.3) is 11.0 Å². The number of anilines is 2. The lowest BCUT2D eigenvalue weighted by atomic mass is 9.78. The summed E-state index contributed by atoms with van der Waals surface area (Å²) in [6, 6.07) is 3.99. The Morgan fingerprint density at radius 1 is 1.24 bits per heavy atom. The third-order valence-corrected chi connectivity index (χ3v) is 6.94. The van der Waals surface area contributed by atoms with Gasteiger partial charge in [-0.15, -0.1) is 0 Å². The molecule has 1 aliphatic rings. The topological polar surface area (TPSA) is 98.3 Å². The smallest absolute Gasteiger partial charge is 0.233 e. The zero-order chi connectivity index (χ0) is 24.6. The third kappa shape index (κ3) is 4.36. The lowest BCUT2D eigenvalue weighted by Gasteiger charge is -2.40. The molecule has 0 saturated heterocycles. The molecule has 0 spiro atoms. The van der Waals surface area contributed by atoms with Crippen molar-refractivity contribution in [1.29, 1.82) is 0 Å². The van der Waals surface area contributed by atoms with Crippen LogP contribution in [-0.2, 0) is 5.54 Å². The summed E-state index contributed by atoms with van der Waals surface area (Å²) in [7, 11) is 0. The van der Waals surface area contributed by atoms with Gasteiger partial charge in [0.2, 0.25) is 5.88 Å². The van der Waals surface area contributed by atoms with Gasteiger partial charge >= 0.3 is 0 Å². The highest BCUT2D eigenvalue weighted by molar-refractivity contribution is 8.14. The molecule has 1 aromatic carbocycles. The van der Waals surface area contributed by atoms with Crippen LogP contribution in [0.15, 0.2) is 35.6 Å². The number of hydrogen-bond donors (Lipinski definition) is 2. The summed E-state index contributed by atoms with van der Waals surface area (Å²) in [5, 5.41) is 2.95. The van der Waals surface area contributed by atoms with E-state index in [-0.39, 0.29) is 33.6 Å². The number of amidine groups is 1. The number of nitrogens with zero attached hydrogens (tertiary/aromatic N) is 4. The molecule has 0 saturated carbocycles. The van der Waals surface area contributed by atoms with E-state index in [4.69, 9.17) is 10.5 Å². The molecule has 0 unspecified atom stereocenters. The third-order valence-electron chi connectivity index (χ3n) is 5.83. The van der Waals surface area contributed by atoms with Gasteiger partial charge < -0.3 is 15.8 Å². The van der Waals surface area contributed by atoms with Gasteiger partial charge in [0.15, 0.2) is 22.6 Å². The number of halogens is 3. The minimum atomic E-state index is -1.65. The minimum Gasteiger partial charge on any atom is -0.474 e. The molecule has 0 aliphatic carbocycles. The van der Waals surface area contributed by atoms with Crippen LogP contribution in [0.5, 0.6) is 5.88 Å². The van der Waals surface area contributed by atoms with Crippen LogP contribution >= 0.6 is 11.8 Å². The minimum absolute atomic E-state index is 0.0744. The van der Waals surface area contributed by atoms with Crippen molar-refractivity contribution in [2.75, 3.05) is 12.0 Å². The molecule has 3 aromatic rings. The molecule has 1 aliphatic heterocycles. The second-order valence-corrected chi connectivity index (χ2v) is 9.86. The molecular formula is C23H25F3N6OS. The number of hydrogen-bond acceptors (Lipinski definition) is 8. The Labute approximate surface area is 199 Å². The molecule has 2 aromatic heterocycles. The first-order chi connectivity index (χ1) is 16.1. The summed E-state index contributed by atoms with van der Waals surface area (Å²) >= 11 is 1.28. The average Bonchev–Trinajstić information content (AvgIpc) is 2.78. The normalized spacial score (nSPS) is 22.6. The highest BCUT2D eigenvalue weighted by Gasteiger charge is 2.46. The number of rotatable bonds is 6. The van der Waals surface area contributed by atoms with Crippen molar-refractivity contribution in [2.24, 2.45) is 16.6 Å². The van der Waals surface area contributed by atoms with Crippen molar-refractivity contribution in [2.45, 2.75) is 44.6 Å². The maximum Gasteiger partial charge on any atom is 0.233 e. The zero-order valence-electron chi connectivity index (χ0n) is 19.1. The van der Waals surface area contributed by atoms with Crippen molar-refractivity contribution >= 4 is 39.5 Å². The maximum absolute atomic E-state index is 15.0. The number of pyridine rings is 1. The molecule has 11 heteroatoms. The van der Waals surface area contributed by atoms with Gasteiger partial charge in [-0.25, -0.2) is 33.1 Å². The van der Waals surface area contributed by atoms with E-state index < -0.39 is 29.8 Å². The van der Waals surface area contributed by atoms with Gasteiger partial charge in [0.05, 0.1) is 17.8 Å². The van der Waals surface area contributed by atoms with Crippen LogP contribution < -0.4 is 15.8 Å². The van der Waals surface area contributed by atoms with E-state index in [1.54, 1.807) is 13.0 Å². The van der Waals surface area contributed by atoms with Crippen molar-refractivity contribution in [1.82, 2.24) is 15.0 Å². The molecule has 3 heterocycles. The highest BCUT2D eigenvalue weighted by Crippen LogP contribution is 2.46. The van der Waals surface area contributed by atoms with Crippen LogP contribution in [0.2, 0.25) is 0 Å². The lowest BCUT2D eigenvalue weighted by molar-refractivity contribution is 0.215. The van der Waals surface area contributed by atoms with Crippen LogP contribution in [0, 0.1) is 17.6 Å². The zero-order valence-corrected chi connectivity index (χ0v) is 20.0. The number of aromatic nitrogens is 3. The molecule has 7 nitrogen and oxygen atoms in total. The summed E-state index contributed by atoms with van der Waals surface area (Å²) in [6.45, 7) is 6.33. The van der Waals surface area contributed by atoms with Gasteiger partial charge in [0, 0.05) is 34.7 Å². The van der Waals surface area contributed by atoms with Crippen LogP contribution in [0.1, 0.15) is 33.3 Å². The van der Waals surface area contributed by atoms with Gasteiger partial charge in [0.25, 0.3) is 0 Å². The Balaban J connectivity index is 1.78. The highest BCUT2D eigenvalue weighted by atomic mass is 32.2. The number of aliphatic imine (C=N–C) groups is 1. The number of fused-ring (bicyclic) bond motifs is 1. The fourth-order valence-electron chi connectivity index (χ4n) is 3.97. The van der Waals surface area contributed by atoms with Crippen LogP contribution in [0.3, 0.4) is 0 Å². The van der Waals surface area contributed by atoms with E-state index in [0.717, 1.165) is 6.07 Å². The van der Waals surface area contributed by atoms with Crippen molar-refractivity contribution < 1.29 is 17.9 Å². The first-order valence-corrected chi connectivity index (χ1v) is 11.7. The predicted octanol–water partition coefficient (Wildman–Crippen LogP) is 5.08. The molecule has 3 N–H and O–H groups in total. The largest absolute Gasteiger partial charge is 0.474 e. The van der Waals surface area contributed by atoms with E-state index in [1.165, 1.54) is 30.2 Å². The number of nitrogens with two attached hydrogens (primary N) is 1. The number of ether oxygens (including phenoxy) is 1. The Kier molecular flexibility index (Phi) is 6.57. The standard InChI is InChI=1S/C23H25F3N6OS/c1-11(2)33-18-9-29-20-17(31-18)5-6-28-21(20)30-14-7-15(19(26)16(25)8-14)23(10-24)12(3)13(4)34-22(27)32-23/h5-9,11-13H,10H2,1-4H3,(H2,27,32)(H,28,30)/t12-,13+,23+/m1/s1. The predicted molar refractivity (Wildman–Crippen MR) is 128 cm³/mol. The Hall–Kier alpha value is -3.08. The first kappa shape index (κ1) is 24.1. The molecule has 4 rings (SSSR count). The number of benzene rings is 1. The molecule has 0 radical (unpaired) electrons.